The quantitative estimate of drug-likeness (QED) is 0.732. The maximum absolute atomic E-state index is 8.98. The van der Waals surface area contributed by atoms with Gasteiger partial charge in [-0.25, -0.2) is 0 Å². The van der Waals surface area contributed by atoms with Crippen molar-refractivity contribution < 1.29 is 9.84 Å². The lowest BCUT2D eigenvalue weighted by molar-refractivity contribution is 0.186. The molecule has 0 heterocycles. The van der Waals surface area contributed by atoms with Crippen LogP contribution < -0.4 is 10.5 Å². The van der Waals surface area contributed by atoms with Crippen LogP contribution in [0.15, 0.2) is 24.3 Å². The second-order valence-electron chi connectivity index (χ2n) is 2.45. The largest absolute Gasteiger partial charge is 0.494 e. The molecule has 0 spiro atoms. The molecule has 74 valence electrons. The first-order valence-electron chi connectivity index (χ1n) is 3.90. The number of aliphatic hydroxyl groups is 1. The summed E-state index contributed by atoms with van der Waals surface area (Å²) in [6, 6.07) is 7.06. The van der Waals surface area contributed by atoms with E-state index in [9.17, 15) is 0 Å². The van der Waals surface area contributed by atoms with Gasteiger partial charge in [-0.2, -0.15) is 0 Å². The molecule has 0 aliphatic carbocycles. The van der Waals surface area contributed by atoms with Crippen molar-refractivity contribution in [2.24, 2.45) is 5.73 Å². The molecule has 1 aromatic rings. The van der Waals surface area contributed by atoms with E-state index in [0.717, 1.165) is 5.75 Å². The van der Waals surface area contributed by atoms with Crippen molar-refractivity contribution in [2.45, 2.75) is 13.2 Å². The third-order valence-corrected chi connectivity index (χ3v) is 1.53. The predicted molar refractivity (Wildman–Crippen MR) is 54.0 cm³/mol. The fourth-order valence-corrected chi connectivity index (χ4v) is 0.928. The molecule has 0 saturated heterocycles. The molecule has 0 fully saturated rings. The van der Waals surface area contributed by atoms with E-state index in [1.807, 2.05) is 6.92 Å². The van der Waals surface area contributed by atoms with Crippen LogP contribution in [-0.4, -0.2) is 11.7 Å². The summed E-state index contributed by atoms with van der Waals surface area (Å²) in [4.78, 5) is 0. The first kappa shape index (κ1) is 12.2. The van der Waals surface area contributed by atoms with Gasteiger partial charge >= 0.3 is 0 Å². The predicted octanol–water partition coefficient (Wildman–Crippen LogP) is 1.46. The Balaban J connectivity index is 0.00000144. The number of hydrogen-bond acceptors (Lipinski definition) is 3. The summed E-state index contributed by atoms with van der Waals surface area (Å²) >= 11 is 0. The van der Waals surface area contributed by atoms with Crippen molar-refractivity contribution in [2.75, 3.05) is 6.61 Å². The summed E-state index contributed by atoms with van der Waals surface area (Å²) in [6.07, 6.45) is -0.902. The van der Waals surface area contributed by atoms with Crippen LogP contribution in [0.25, 0.3) is 0 Å². The average Bonchev–Trinajstić information content (AvgIpc) is 2.06. The van der Waals surface area contributed by atoms with E-state index in [4.69, 9.17) is 15.6 Å². The summed E-state index contributed by atoms with van der Waals surface area (Å²) < 4.78 is 5.22. The van der Waals surface area contributed by atoms with Crippen molar-refractivity contribution in [1.29, 1.82) is 0 Å². The standard InChI is InChI=1S/C9H13NO2.ClH/c1-2-12-8-5-3-7(4-6-8)9(10)11;/h3-6,9,11H,2,10H2,1H3;1H. The molecule has 1 unspecified atom stereocenters. The normalized spacial score (nSPS) is 11.6. The fourth-order valence-electron chi connectivity index (χ4n) is 0.928. The second-order valence-corrected chi connectivity index (χ2v) is 2.45. The van der Waals surface area contributed by atoms with Crippen molar-refractivity contribution in [3.63, 3.8) is 0 Å². The Morgan fingerprint density at radius 1 is 1.38 bits per heavy atom. The lowest BCUT2D eigenvalue weighted by Gasteiger charge is -2.06. The van der Waals surface area contributed by atoms with E-state index >= 15 is 0 Å². The first-order chi connectivity index (χ1) is 5.74. The van der Waals surface area contributed by atoms with E-state index in [0.29, 0.717) is 12.2 Å². The van der Waals surface area contributed by atoms with Gasteiger partial charge in [0.25, 0.3) is 0 Å². The Hall–Kier alpha value is -0.770. The maximum atomic E-state index is 8.98. The minimum absolute atomic E-state index is 0. The molecule has 0 aliphatic rings. The van der Waals surface area contributed by atoms with Gasteiger partial charge in [-0.3, -0.25) is 0 Å². The molecule has 3 N–H and O–H groups in total. The Labute approximate surface area is 83.9 Å². The molecule has 0 radical (unpaired) electrons. The molecule has 4 heteroatoms. The highest BCUT2D eigenvalue weighted by molar-refractivity contribution is 5.85. The third-order valence-electron chi connectivity index (χ3n) is 1.53. The van der Waals surface area contributed by atoms with Gasteiger partial charge < -0.3 is 15.6 Å². The second kappa shape index (κ2) is 5.80. The molecule has 13 heavy (non-hydrogen) atoms. The minimum atomic E-state index is -0.902. The van der Waals surface area contributed by atoms with Gasteiger partial charge in [0, 0.05) is 0 Å². The lowest BCUT2D eigenvalue weighted by Crippen LogP contribution is -2.07. The van der Waals surface area contributed by atoms with Gasteiger partial charge in [-0.1, -0.05) is 12.1 Å². The van der Waals surface area contributed by atoms with E-state index in [2.05, 4.69) is 0 Å². The number of hydrogen-bond donors (Lipinski definition) is 2. The molecular weight excluding hydrogens is 190 g/mol. The lowest BCUT2D eigenvalue weighted by atomic mass is 10.2. The van der Waals surface area contributed by atoms with Gasteiger partial charge in [0.2, 0.25) is 0 Å². The van der Waals surface area contributed by atoms with Gasteiger partial charge in [0.15, 0.2) is 0 Å². The summed E-state index contributed by atoms with van der Waals surface area (Å²) in [5.74, 6) is 0.793. The van der Waals surface area contributed by atoms with Gasteiger partial charge in [-0.15, -0.1) is 12.4 Å². The molecule has 0 amide bonds. The molecule has 1 rings (SSSR count). The molecular formula is C9H14ClNO2. The molecule has 0 saturated carbocycles. The zero-order valence-electron chi connectivity index (χ0n) is 7.43. The Morgan fingerprint density at radius 3 is 2.31 bits per heavy atom. The van der Waals surface area contributed by atoms with Crippen LogP contribution in [0.1, 0.15) is 18.7 Å². The smallest absolute Gasteiger partial charge is 0.128 e. The van der Waals surface area contributed by atoms with Crippen molar-refractivity contribution in [3.8, 4) is 5.75 Å². The molecule has 3 nitrogen and oxygen atoms in total. The van der Waals surface area contributed by atoms with Crippen molar-refractivity contribution >= 4 is 12.4 Å². The average molecular weight is 204 g/mol. The van der Waals surface area contributed by atoms with Crippen LogP contribution in [0.2, 0.25) is 0 Å². The number of halogens is 1. The Bertz CT molecular complexity index is 236. The van der Waals surface area contributed by atoms with Crippen molar-refractivity contribution in [3.05, 3.63) is 29.8 Å². The zero-order chi connectivity index (χ0) is 8.97. The highest BCUT2D eigenvalue weighted by Crippen LogP contribution is 2.14. The molecule has 1 aromatic carbocycles. The Kier molecular flexibility index (Phi) is 5.46. The highest BCUT2D eigenvalue weighted by atomic mass is 35.5. The molecule has 1 atom stereocenters. The SMILES string of the molecule is CCOc1ccc(C(N)O)cc1.Cl. The minimum Gasteiger partial charge on any atom is -0.494 e. The number of benzene rings is 1. The van der Waals surface area contributed by atoms with Crippen LogP contribution in [-0.2, 0) is 0 Å². The van der Waals surface area contributed by atoms with Crippen LogP contribution >= 0.6 is 12.4 Å². The highest BCUT2D eigenvalue weighted by Gasteiger charge is 1.99. The fraction of sp³-hybridized carbons (Fsp3) is 0.333. The van der Waals surface area contributed by atoms with E-state index in [1.165, 1.54) is 0 Å². The van der Waals surface area contributed by atoms with Crippen LogP contribution in [0.3, 0.4) is 0 Å². The summed E-state index contributed by atoms with van der Waals surface area (Å²) in [5, 5.41) is 8.98. The molecule has 0 aliphatic heterocycles. The van der Waals surface area contributed by atoms with Gasteiger partial charge in [-0.05, 0) is 24.6 Å². The Morgan fingerprint density at radius 2 is 1.92 bits per heavy atom. The number of aliphatic hydroxyl groups excluding tert-OH is 1. The summed E-state index contributed by atoms with van der Waals surface area (Å²) in [7, 11) is 0. The molecule has 0 bridgehead atoms. The monoisotopic (exact) mass is 203 g/mol. The summed E-state index contributed by atoms with van der Waals surface area (Å²) in [5.41, 5.74) is 5.95. The van der Waals surface area contributed by atoms with Crippen LogP contribution in [0.5, 0.6) is 5.75 Å². The number of rotatable bonds is 3. The van der Waals surface area contributed by atoms with E-state index in [1.54, 1.807) is 24.3 Å². The van der Waals surface area contributed by atoms with E-state index in [-0.39, 0.29) is 12.4 Å². The maximum Gasteiger partial charge on any atom is 0.128 e. The topological polar surface area (TPSA) is 55.5 Å². The van der Waals surface area contributed by atoms with Gasteiger partial charge in [0.1, 0.15) is 12.0 Å². The van der Waals surface area contributed by atoms with Gasteiger partial charge in [0.05, 0.1) is 6.61 Å². The first-order valence-corrected chi connectivity index (χ1v) is 3.90. The molecule has 0 aromatic heterocycles. The third kappa shape index (κ3) is 3.63. The van der Waals surface area contributed by atoms with E-state index < -0.39 is 6.23 Å². The van der Waals surface area contributed by atoms with Crippen LogP contribution in [0.4, 0.5) is 0 Å². The zero-order valence-corrected chi connectivity index (χ0v) is 8.25. The van der Waals surface area contributed by atoms with Crippen molar-refractivity contribution in [1.82, 2.24) is 0 Å². The summed E-state index contributed by atoms with van der Waals surface area (Å²) in [6.45, 7) is 2.57. The van der Waals surface area contributed by atoms with Crippen LogP contribution in [0, 0.1) is 0 Å². The number of ether oxygens (including phenoxy) is 1. The number of nitrogens with two attached hydrogens (primary N) is 1.